The fourth-order valence-electron chi connectivity index (χ4n) is 3.38. The summed E-state index contributed by atoms with van der Waals surface area (Å²) in [5, 5.41) is 0. The SMILES string of the molecule is CC(=O)Oc1cccc2c1CC1(C2)CN(C(=O)C(F)(F)F)C1. The molecule has 1 aromatic rings. The highest BCUT2D eigenvalue weighted by Crippen LogP contribution is 2.47. The van der Waals surface area contributed by atoms with Crippen molar-refractivity contribution in [2.45, 2.75) is 25.9 Å². The molecule has 1 saturated heterocycles. The van der Waals surface area contributed by atoms with Crippen molar-refractivity contribution in [2.24, 2.45) is 5.41 Å². The van der Waals surface area contributed by atoms with Gasteiger partial charge >= 0.3 is 18.1 Å². The van der Waals surface area contributed by atoms with Gasteiger partial charge in [-0.15, -0.1) is 0 Å². The molecule has 1 aliphatic heterocycles. The molecule has 0 bridgehead atoms. The number of amides is 1. The first-order valence-electron chi connectivity index (χ1n) is 6.85. The first-order valence-corrected chi connectivity index (χ1v) is 6.85. The Bertz CT molecular complexity index is 648. The van der Waals surface area contributed by atoms with Gasteiger partial charge in [-0.1, -0.05) is 12.1 Å². The minimum atomic E-state index is -4.82. The second-order valence-electron chi connectivity index (χ2n) is 6.00. The first-order chi connectivity index (χ1) is 10.2. The summed E-state index contributed by atoms with van der Waals surface area (Å²) < 4.78 is 42.4. The molecule has 0 unspecified atom stereocenters. The van der Waals surface area contributed by atoms with Gasteiger partial charge in [0.05, 0.1) is 0 Å². The zero-order chi connectivity index (χ0) is 16.1. The number of esters is 1. The monoisotopic (exact) mass is 313 g/mol. The van der Waals surface area contributed by atoms with Crippen LogP contribution < -0.4 is 4.74 Å². The molecule has 0 N–H and O–H groups in total. The Balaban J connectivity index is 1.74. The van der Waals surface area contributed by atoms with Crippen molar-refractivity contribution in [3.63, 3.8) is 0 Å². The molecule has 22 heavy (non-hydrogen) atoms. The van der Waals surface area contributed by atoms with Crippen LogP contribution in [0.2, 0.25) is 0 Å². The van der Waals surface area contributed by atoms with Gasteiger partial charge in [-0.3, -0.25) is 9.59 Å². The molecular formula is C15H14F3NO3. The highest BCUT2D eigenvalue weighted by molar-refractivity contribution is 5.83. The third-order valence-corrected chi connectivity index (χ3v) is 4.18. The number of alkyl halides is 3. The standard InChI is InChI=1S/C15H14F3NO3/c1-9(20)22-12-4-2-3-10-5-14(6-11(10)12)7-19(8-14)13(21)15(16,17)18/h2-4H,5-8H2,1H3. The number of likely N-dealkylation sites (tertiary alicyclic amines) is 1. The van der Waals surface area contributed by atoms with Crippen LogP contribution >= 0.6 is 0 Å². The van der Waals surface area contributed by atoms with Crippen molar-refractivity contribution in [3.8, 4) is 5.75 Å². The van der Waals surface area contributed by atoms with E-state index in [0.717, 1.165) is 16.0 Å². The van der Waals surface area contributed by atoms with Crippen LogP contribution in [0.5, 0.6) is 5.75 Å². The van der Waals surface area contributed by atoms with E-state index >= 15 is 0 Å². The smallest absolute Gasteiger partial charge is 0.426 e. The Kier molecular flexibility index (Phi) is 3.19. The van der Waals surface area contributed by atoms with E-state index in [2.05, 4.69) is 0 Å². The van der Waals surface area contributed by atoms with E-state index in [4.69, 9.17) is 4.74 Å². The number of hydrogen-bond acceptors (Lipinski definition) is 3. The molecule has 3 rings (SSSR count). The topological polar surface area (TPSA) is 46.6 Å². The number of fused-ring (bicyclic) bond motifs is 1. The Hall–Kier alpha value is -2.05. The number of nitrogens with zero attached hydrogens (tertiary/aromatic N) is 1. The Labute approximate surface area is 124 Å². The maximum atomic E-state index is 12.4. The molecule has 1 spiro atoms. The molecule has 4 nitrogen and oxygen atoms in total. The summed E-state index contributed by atoms with van der Waals surface area (Å²) in [4.78, 5) is 23.1. The lowest BCUT2D eigenvalue weighted by Gasteiger charge is -2.48. The van der Waals surface area contributed by atoms with E-state index in [1.54, 1.807) is 12.1 Å². The van der Waals surface area contributed by atoms with Gasteiger partial charge in [0.1, 0.15) is 5.75 Å². The van der Waals surface area contributed by atoms with Crippen molar-refractivity contribution in [1.82, 2.24) is 4.90 Å². The summed E-state index contributed by atoms with van der Waals surface area (Å²) >= 11 is 0. The van der Waals surface area contributed by atoms with Gasteiger partial charge < -0.3 is 9.64 Å². The lowest BCUT2D eigenvalue weighted by molar-refractivity contribution is -0.196. The number of rotatable bonds is 1. The van der Waals surface area contributed by atoms with Gasteiger partial charge in [-0.2, -0.15) is 13.2 Å². The zero-order valence-electron chi connectivity index (χ0n) is 11.9. The molecule has 0 atom stereocenters. The fourth-order valence-corrected chi connectivity index (χ4v) is 3.38. The summed E-state index contributed by atoms with van der Waals surface area (Å²) in [6.45, 7) is 1.47. The lowest BCUT2D eigenvalue weighted by atomic mass is 9.77. The number of benzene rings is 1. The maximum absolute atomic E-state index is 12.4. The molecule has 2 aliphatic rings. The molecule has 0 saturated carbocycles. The average Bonchev–Trinajstić information content (AvgIpc) is 2.75. The molecule has 1 aliphatic carbocycles. The van der Waals surface area contributed by atoms with E-state index in [-0.39, 0.29) is 18.5 Å². The second-order valence-corrected chi connectivity index (χ2v) is 6.00. The highest BCUT2D eigenvalue weighted by atomic mass is 19.4. The van der Waals surface area contributed by atoms with Crippen molar-refractivity contribution in [1.29, 1.82) is 0 Å². The minimum Gasteiger partial charge on any atom is -0.426 e. The summed E-state index contributed by atoms with van der Waals surface area (Å²) in [6.07, 6.45) is -3.71. The van der Waals surface area contributed by atoms with Crippen molar-refractivity contribution in [3.05, 3.63) is 29.3 Å². The molecule has 1 fully saturated rings. The van der Waals surface area contributed by atoms with Crippen molar-refractivity contribution in [2.75, 3.05) is 13.1 Å². The van der Waals surface area contributed by atoms with Crippen molar-refractivity contribution < 1.29 is 27.5 Å². The average molecular weight is 313 g/mol. The van der Waals surface area contributed by atoms with Crippen LogP contribution in [0.25, 0.3) is 0 Å². The summed E-state index contributed by atoms with van der Waals surface area (Å²) in [6, 6.07) is 5.31. The summed E-state index contributed by atoms with van der Waals surface area (Å²) in [5.74, 6) is -1.76. The van der Waals surface area contributed by atoms with E-state index in [1.165, 1.54) is 6.92 Å². The Morgan fingerprint density at radius 2 is 1.91 bits per heavy atom. The third kappa shape index (κ3) is 2.44. The molecule has 1 amide bonds. The Morgan fingerprint density at radius 3 is 2.50 bits per heavy atom. The van der Waals surface area contributed by atoms with Crippen LogP contribution in [0.15, 0.2) is 18.2 Å². The number of halogens is 3. The summed E-state index contributed by atoms with van der Waals surface area (Å²) in [5.41, 5.74) is 1.47. The molecular weight excluding hydrogens is 299 g/mol. The molecule has 0 radical (unpaired) electrons. The summed E-state index contributed by atoms with van der Waals surface area (Å²) in [7, 11) is 0. The van der Waals surface area contributed by atoms with Crippen LogP contribution in [-0.2, 0) is 22.4 Å². The zero-order valence-corrected chi connectivity index (χ0v) is 11.9. The number of hydrogen-bond donors (Lipinski definition) is 0. The van der Waals surface area contributed by atoms with E-state index in [0.29, 0.717) is 18.6 Å². The maximum Gasteiger partial charge on any atom is 0.471 e. The third-order valence-electron chi connectivity index (χ3n) is 4.18. The van der Waals surface area contributed by atoms with Crippen LogP contribution in [-0.4, -0.2) is 36.0 Å². The lowest BCUT2D eigenvalue weighted by Crippen LogP contribution is -2.61. The van der Waals surface area contributed by atoms with Gasteiger partial charge in [0.15, 0.2) is 0 Å². The highest BCUT2D eigenvalue weighted by Gasteiger charge is 2.54. The minimum absolute atomic E-state index is 0.0829. The van der Waals surface area contributed by atoms with Gasteiger partial charge in [0.25, 0.3) is 0 Å². The predicted molar refractivity (Wildman–Crippen MR) is 70.2 cm³/mol. The normalized spacial score (nSPS) is 18.8. The number of carbonyl (C=O) groups is 2. The van der Waals surface area contributed by atoms with Crippen LogP contribution in [0.3, 0.4) is 0 Å². The quantitative estimate of drug-likeness (QED) is 0.589. The van der Waals surface area contributed by atoms with Gasteiger partial charge in [-0.25, -0.2) is 0 Å². The molecule has 1 aromatic carbocycles. The van der Waals surface area contributed by atoms with Crippen LogP contribution in [0, 0.1) is 5.41 Å². The van der Waals surface area contributed by atoms with Crippen LogP contribution in [0.4, 0.5) is 13.2 Å². The second kappa shape index (κ2) is 4.72. The number of ether oxygens (including phenoxy) is 1. The van der Waals surface area contributed by atoms with Crippen molar-refractivity contribution >= 4 is 11.9 Å². The van der Waals surface area contributed by atoms with Gasteiger partial charge in [0, 0.05) is 25.4 Å². The Morgan fingerprint density at radius 1 is 1.23 bits per heavy atom. The molecule has 0 aromatic heterocycles. The van der Waals surface area contributed by atoms with Crippen LogP contribution in [0.1, 0.15) is 18.1 Å². The molecule has 118 valence electrons. The van der Waals surface area contributed by atoms with E-state index in [9.17, 15) is 22.8 Å². The number of carbonyl (C=O) groups excluding carboxylic acids is 2. The molecule has 1 heterocycles. The largest absolute Gasteiger partial charge is 0.471 e. The van der Waals surface area contributed by atoms with E-state index in [1.807, 2.05) is 6.07 Å². The molecule has 7 heteroatoms. The van der Waals surface area contributed by atoms with E-state index < -0.39 is 18.1 Å². The van der Waals surface area contributed by atoms with Gasteiger partial charge in [0.2, 0.25) is 0 Å². The fraction of sp³-hybridized carbons (Fsp3) is 0.467. The first kappa shape index (κ1) is 14.9. The predicted octanol–water partition coefficient (Wildman–Crippen LogP) is 2.10. The van der Waals surface area contributed by atoms with Gasteiger partial charge in [-0.05, 0) is 30.0 Å².